The molecule has 0 aliphatic rings. The van der Waals surface area contributed by atoms with Crippen LogP contribution in [0.2, 0.25) is 0 Å². The minimum absolute atomic E-state index is 0.648. The van der Waals surface area contributed by atoms with Gasteiger partial charge < -0.3 is 0 Å². The fraction of sp³-hybridized carbons (Fsp3) is 0. The lowest BCUT2D eigenvalue weighted by Gasteiger charge is -2.16. The Bertz CT molecular complexity index is 2060. The average molecular weight is 537 g/mol. The maximum absolute atomic E-state index is 9.16. The predicted octanol–water partition coefficient (Wildman–Crippen LogP) is 9.23. The van der Waals surface area contributed by atoms with Crippen molar-refractivity contribution in [1.29, 1.82) is 5.26 Å². The first-order valence-corrected chi connectivity index (χ1v) is 13.8. The van der Waals surface area contributed by atoms with Crippen molar-refractivity contribution in [3.63, 3.8) is 0 Å². The smallest absolute Gasteiger partial charge is 0.0991 e. The number of fused-ring (bicyclic) bond motifs is 1. The van der Waals surface area contributed by atoms with Crippen LogP contribution in [0.5, 0.6) is 0 Å². The molecule has 7 rings (SSSR count). The molecule has 4 nitrogen and oxygen atoms in total. The van der Waals surface area contributed by atoms with Gasteiger partial charge in [-0.1, -0.05) is 109 Å². The summed E-state index contributed by atoms with van der Waals surface area (Å²) < 4.78 is 0. The molecule has 2 aromatic heterocycles. The second-order valence-electron chi connectivity index (χ2n) is 10.0. The third-order valence-corrected chi connectivity index (χ3v) is 7.37. The van der Waals surface area contributed by atoms with E-state index in [0.29, 0.717) is 5.56 Å². The summed E-state index contributed by atoms with van der Waals surface area (Å²) in [6.07, 6.45) is 1.81. The molecule has 0 N–H and O–H groups in total. The lowest BCUT2D eigenvalue weighted by molar-refractivity contribution is 1.22. The van der Waals surface area contributed by atoms with Crippen LogP contribution in [0.1, 0.15) is 5.56 Å². The van der Waals surface area contributed by atoms with Crippen LogP contribution in [0.15, 0.2) is 146 Å². The molecule has 0 atom stereocenters. The predicted molar refractivity (Wildman–Crippen MR) is 169 cm³/mol. The van der Waals surface area contributed by atoms with Crippen molar-refractivity contribution >= 4 is 10.9 Å². The summed E-state index contributed by atoms with van der Waals surface area (Å²) in [5.41, 5.74) is 11.0. The van der Waals surface area contributed by atoms with Crippen LogP contribution < -0.4 is 0 Å². The average Bonchev–Trinajstić information content (AvgIpc) is 3.08. The monoisotopic (exact) mass is 536 g/mol. The lowest BCUT2D eigenvalue weighted by atomic mass is 9.97. The van der Waals surface area contributed by atoms with Gasteiger partial charge in [-0.25, -0.2) is 9.97 Å². The number of rotatable bonds is 5. The van der Waals surface area contributed by atoms with Crippen molar-refractivity contribution in [1.82, 2.24) is 15.0 Å². The normalized spacial score (nSPS) is 10.8. The topological polar surface area (TPSA) is 62.5 Å². The van der Waals surface area contributed by atoms with Crippen molar-refractivity contribution in [2.24, 2.45) is 0 Å². The molecule has 0 aliphatic heterocycles. The number of nitrogens with zero attached hydrogens (tertiary/aromatic N) is 4. The Balaban J connectivity index is 1.44. The maximum atomic E-state index is 9.16. The molecule has 0 saturated carbocycles. The number of aromatic nitrogens is 3. The molecule has 4 heteroatoms. The summed E-state index contributed by atoms with van der Waals surface area (Å²) in [7, 11) is 0. The molecule has 5 aromatic carbocycles. The van der Waals surface area contributed by atoms with Gasteiger partial charge in [0.05, 0.1) is 39.9 Å². The van der Waals surface area contributed by atoms with Crippen LogP contribution in [0.4, 0.5) is 0 Å². The zero-order chi connectivity index (χ0) is 28.3. The van der Waals surface area contributed by atoms with Gasteiger partial charge in [0, 0.05) is 33.8 Å². The molecule has 2 heterocycles. The summed E-state index contributed by atoms with van der Waals surface area (Å²) in [5.74, 6) is 0. The molecular weight excluding hydrogens is 512 g/mol. The van der Waals surface area contributed by atoms with E-state index in [1.807, 2.05) is 79.0 Å². The van der Waals surface area contributed by atoms with Crippen molar-refractivity contribution in [2.75, 3.05) is 0 Å². The van der Waals surface area contributed by atoms with Gasteiger partial charge in [0.2, 0.25) is 0 Å². The van der Waals surface area contributed by atoms with Gasteiger partial charge in [0.15, 0.2) is 0 Å². The van der Waals surface area contributed by atoms with Gasteiger partial charge >= 0.3 is 0 Å². The summed E-state index contributed by atoms with van der Waals surface area (Å²) >= 11 is 0. The fourth-order valence-electron chi connectivity index (χ4n) is 5.21. The van der Waals surface area contributed by atoms with Gasteiger partial charge in [-0.3, -0.25) is 4.98 Å². The molecule has 0 amide bonds. The molecular formula is C38H24N4. The first-order valence-electron chi connectivity index (χ1n) is 13.8. The molecule has 0 aliphatic carbocycles. The Hall–Kier alpha value is -5.92. The van der Waals surface area contributed by atoms with Crippen LogP contribution in [-0.4, -0.2) is 15.0 Å². The molecule has 42 heavy (non-hydrogen) atoms. The number of hydrogen-bond acceptors (Lipinski definition) is 4. The van der Waals surface area contributed by atoms with E-state index in [1.54, 1.807) is 0 Å². The molecule has 196 valence electrons. The Labute approximate surface area is 244 Å². The van der Waals surface area contributed by atoms with Gasteiger partial charge in [-0.15, -0.1) is 0 Å². The lowest BCUT2D eigenvalue weighted by Crippen LogP contribution is -2.01. The van der Waals surface area contributed by atoms with E-state index in [-0.39, 0.29) is 0 Å². The van der Waals surface area contributed by atoms with Gasteiger partial charge in [0.25, 0.3) is 0 Å². The third kappa shape index (κ3) is 4.81. The van der Waals surface area contributed by atoms with Crippen molar-refractivity contribution in [3.8, 4) is 62.2 Å². The first-order chi connectivity index (χ1) is 20.8. The zero-order valence-corrected chi connectivity index (χ0v) is 22.6. The molecule has 0 saturated heterocycles. The SMILES string of the molecule is N#Cc1ccc(-c2ccc(-c3nc(-c4ccccc4)c(-c4ccc5ncccc5c4)nc3-c3ccccc3)cc2)cc1. The Kier molecular flexibility index (Phi) is 6.52. The Morgan fingerprint density at radius 3 is 1.48 bits per heavy atom. The standard InChI is InChI=1S/C38H24N4/c39-25-26-13-15-27(16-14-26)28-17-19-31(20-18-28)37-35(29-8-3-1-4-9-29)42-38(36(41-37)30-10-5-2-6-11-30)33-21-22-34-32(24-33)12-7-23-40-34/h1-24H. The number of pyridine rings is 1. The van der Waals surface area contributed by atoms with E-state index in [4.69, 9.17) is 15.2 Å². The van der Waals surface area contributed by atoms with Crippen molar-refractivity contribution < 1.29 is 0 Å². The van der Waals surface area contributed by atoms with Gasteiger partial charge in [-0.05, 0) is 41.5 Å². The highest BCUT2D eigenvalue weighted by Gasteiger charge is 2.19. The maximum Gasteiger partial charge on any atom is 0.0991 e. The summed E-state index contributed by atoms with van der Waals surface area (Å²) in [5, 5.41) is 10.2. The summed E-state index contributed by atoms with van der Waals surface area (Å²) in [6, 6.07) is 49.0. The molecule has 0 spiro atoms. The Morgan fingerprint density at radius 2 is 0.905 bits per heavy atom. The molecule has 0 bridgehead atoms. The van der Waals surface area contributed by atoms with Crippen LogP contribution in [0.3, 0.4) is 0 Å². The Morgan fingerprint density at radius 1 is 0.429 bits per heavy atom. The van der Waals surface area contributed by atoms with Gasteiger partial charge in [-0.2, -0.15) is 5.26 Å². The first kappa shape index (κ1) is 25.1. The highest BCUT2D eigenvalue weighted by molar-refractivity contribution is 5.90. The minimum atomic E-state index is 0.648. The van der Waals surface area contributed by atoms with Crippen LogP contribution in [0, 0.1) is 11.3 Å². The highest BCUT2D eigenvalue weighted by atomic mass is 14.9. The second-order valence-corrected chi connectivity index (χ2v) is 10.0. The van der Waals surface area contributed by atoms with Crippen molar-refractivity contribution in [2.45, 2.75) is 0 Å². The van der Waals surface area contributed by atoms with Crippen LogP contribution in [-0.2, 0) is 0 Å². The molecule has 0 radical (unpaired) electrons. The fourth-order valence-corrected chi connectivity index (χ4v) is 5.21. The third-order valence-electron chi connectivity index (χ3n) is 7.37. The van der Waals surface area contributed by atoms with E-state index in [0.717, 1.165) is 67.1 Å². The van der Waals surface area contributed by atoms with Crippen LogP contribution in [0.25, 0.3) is 67.1 Å². The number of hydrogen-bond donors (Lipinski definition) is 0. The quantitative estimate of drug-likeness (QED) is 0.220. The number of nitriles is 1. The molecule has 0 unspecified atom stereocenters. The summed E-state index contributed by atoms with van der Waals surface area (Å²) in [4.78, 5) is 15.2. The summed E-state index contributed by atoms with van der Waals surface area (Å²) in [6.45, 7) is 0. The molecule has 7 aromatic rings. The van der Waals surface area contributed by atoms with Crippen molar-refractivity contribution in [3.05, 3.63) is 151 Å². The zero-order valence-electron chi connectivity index (χ0n) is 22.6. The number of benzene rings is 5. The second kappa shape index (κ2) is 10.9. The largest absolute Gasteiger partial charge is 0.256 e. The van der Waals surface area contributed by atoms with E-state index >= 15 is 0 Å². The van der Waals surface area contributed by atoms with E-state index in [2.05, 4.69) is 77.8 Å². The van der Waals surface area contributed by atoms with E-state index in [9.17, 15) is 0 Å². The molecule has 0 fully saturated rings. The highest BCUT2D eigenvalue weighted by Crippen LogP contribution is 2.38. The van der Waals surface area contributed by atoms with E-state index in [1.165, 1.54) is 0 Å². The minimum Gasteiger partial charge on any atom is -0.256 e. The van der Waals surface area contributed by atoms with Crippen LogP contribution >= 0.6 is 0 Å². The van der Waals surface area contributed by atoms with E-state index < -0.39 is 0 Å². The van der Waals surface area contributed by atoms with Gasteiger partial charge in [0.1, 0.15) is 0 Å².